The lowest BCUT2D eigenvalue weighted by Gasteiger charge is -2.04. The molecule has 0 spiro atoms. The quantitative estimate of drug-likeness (QED) is 0.535. The number of hydrogen-bond acceptors (Lipinski definition) is 3. The van der Waals surface area contributed by atoms with E-state index in [0.29, 0.717) is 6.42 Å². The van der Waals surface area contributed by atoms with E-state index >= 15 is 0 Å². The Morgan fingerprint density at radius 2 is 2.09 bits per heavy atom. The topological polar surface area (TPSA) is 80.4 Å². The van der Waals surface area contributed by atoms with E-state index in [1.807, 2.05) is 6.92 Å². The summed E-state index contributed by atoms with van der Waals surface area (Å²) in [6, 6.07) is 0. The van der Waals surface area contributed by atoms with Gasteiger partial charge in [-0.15, -0.1) is 0 Å². The summed E-state index contributed by atoms with van der Waals surface area (Å²) in [6.07, 6.45) is 0.440. The maximum atomic E-state index is 10.6. The third kappa shape index (κ3) is 4.50. The number of rotatable bonds is 5. The predicted molar refractivity (Wildman–Crippen MR) is 39.7 cm³/mol. The van der Waals surface area contributed by atoms with Crippen molar-refractivity contribution in [1.29, 1.82) is 0 Å². The van der Waals surface area contributed by atoms with Crippen LogP contribution >= 0.6 is 0 Å². The molecule has 0 rings (SSSR count). The summed E-state index contributed by atoms with van der Waals surface area (Å²) in [6.45, 7) is 1.89. The summed E-state index contributed by atoms with van der Waals surface area (Å²) >= 11 is 0. The van der Waals surface area contributed by atoms with Gasteiger partial charge < -0.3 is 10.8 Å². The molecule has 0 aliphatic carbocycles. The van der Waals surface area contributed by atoms with E-state index in [1.54, 1.807) is 0 Å². The molecule has 1 amide bonds. The number of amides is 1. The SMILES string of the molecule is CCCC(O)CC(=O)C(N)=O. The Morgan fingerprint density at radius 1 is 1.55 bits per heavy atom. The molecule has 1 atom stereocenters. The monoisotopic (exact) mass is 159 g/mol. The number of ketones is 1. The van der Waals surface area contributed by atoms with Crippen LogP contribution in [0.1, 0.15) is 26.2 Å². The maximum absolute atomic E-state index is 10.6. The van der Waals surface area contributed by atoms with E-state index < -0.39 is 17.8 Å². The fraction of sp³-hybridized carbons (Fsp3) is 0.714. The van der Waals surface area contributed by atoms with Gasteiger partial charge in [-0.25, -0.2) is 0 Å². The van der Waals surface area contributed by atoms with Crippen molar-refractivity contribution < 1.29 is 14.7 Å². The summed E-state index contributed by atoms with van der Waals surface area (Å²) in [4.78, 5) is 20.8. The van der Waals surface area contributed by atoms with Crippen molar-refractivity contribution >= 4 is 11.7 Å². The lowest BCUT2D eigenvalue weighted by molar-refractivity contribution is -0.137. The molecule has 0 bridgehead atoms. The second-order valence-corrected chi connectivity index (χ2v) is 2.43. The minimum atomic E-state index is -0.972. The van der Waals surface area contributed by atoms with Crippen LogP contribution in [0.4, 0.5) is 0 Å². The molecule has 4 nitrogen and oxygen atoms in total. The van der Waals surface area contributed by atoms with E-state index in [0.717, 1.165) is 6.42 Å². The molecule has 0 saturated heterocycles. The molecule has 0 aromatic heterocycles. The predicted octanol–water partition coefficient (Wildman–Crippen LogP) is -0.408. The Hall–Kier alpha value is -0.900. The molecular weight excluding hydrogens is 146 g/mol. The lowest BCUT2D eigenvalue weighted by Crippen LogP contribution is -2.26. The number of carbonyl (C=O) groups excluding carboxylic acids is 2. The Balaban J connectivity index is 3.66. The van der Waals surface area contributed by atoms with Crippen molar-refractivity contribution in [3.63, 3.8) is 0 Å². The molecule has 0 aliphatic rings. The summed E-state index contributed by atoms with van der Waals surface area (Å²) < 4.78 is 0. The summed E-state index contributed by atoms with van der Waals surface area (Å²) in [5.74, 6) is -1.67. The zero-order valence-electron chi connectivity index (χ0n) is 6.54. The Labute approximate surface area is 65.4 Å². The van der Waals surface area contributed by atoms with Crippen molar-refractivity contribution in [2.24, 2.45) is 5.73 Å². The number of hydrogen-bond donors (Lipinski definition) is 2. The second kappa shape index (κ2) is 4.85. The van der Waals surface area contributed by atoms with Crippen LogP contribution < -0.4 is 5.73 Å². The van der Waals surface area contributed by atoms with Crippen LogP contribution in [0, 0.1) is 0 Å². The number of carbonyl (C=O) groups is 2. The molecule has 64 valence electrons. The van der Waals surface area contributed by atoms with Crippen LogP contribution in [-0.4, -0.2) is 22.9 Å². The number of aliphatic hydroxyl groups is 1. The normalized spacial score (nSPS) is 12.5. The Bertz CT molecular complexity index is 156. The van der Waals surface area contributed by atoms with Gasteiger partial charge in [0.1, 0.15) is 0 Å². The lowest BCUT2D eigenvalue weighted by atomic mass is 10.1. The van der Waals surface area contributed by atoms with Crippen molar-refractivity contribution in [2.45, 2.75) is 32.3 Å². The maximum Gasteiger partial charge on any atom is 0.284 e. The fourth-order valence-electron chi connectivity index (χ4n) is 0.750. The van der Waals surface area contributed by atoms with Crippen molar-refractivity contribution in [3.8, 4) is 0 Å². The van der Waals surface area contributed by atoms with Crippen LogP contribution in [0.2, 0.25) is 0 Å². The van der Waals surface area contributed by atoms with Crippen molar-refractivity contribution in [2.75, 3.05) is 0 Å². The van der Waals surface area contributed by atoms with E-state index in [9.17, 15) is 9.59 Å². The van der Waals surface area contributed by atoms with Gasteiger partial charge >= 0.3 is 0 Å². The average molecular weight is 159 g/mol. The van der Waals surface area contributed by atoms with Gasteiger partial charge in [-0.3, -0.25) is 9.59 Å². The molecular formula is C7H13NO3. The molecule has 3 N–H and O–H groups in total. The molecule has 0 aromatic carbocycles. The van der Waals surface area contributed by atoms with E-state index in [-0.39, 0.29) is 6.42 Å². The fourth-order valence-corrected chi connectivity index (χ4v) is 0.750. The highest BCUT2D eigenvalue weighted by atomic mass is 16.3. The number of primary amides is 1. The molecule has 11 heavy (non-hydrogen) atoms. The molecule has 0 heterocycles. The molecule has 0 fully saturated rings. The average Bonchev–Trinajstić information content (AvgIpc) is 1.87. The minimum absolute atomic E-state index is 0.150. The van der Waals surface area contributed by atoms with Crippen molar-refractivity contribution in [3.05, 3.63) is 0 Å². The van der Waals surface area contributed by atoms with E-state index in [2.05, 4.69) is 5.73 Å². The highest BCUT2D eigenvalue weighted by Crippen LogP contribution is 2.00. The first kappa shape index (κ1) is 10.1. The van der Waals surface area contributed by atoms with Crippen LogP contribution in [0.15, 0.2) is 0 Å². The summed E-state index contributed by atoms with van der Waals surface area (Å²) in [7, 11) is 0. The first-order chi connectivity index (χ1) is 5.07. The minimum Gasteiger partial charge on any atom is -0.393 e. The van der Waals surface area contributed by atoms with Crippen LogP contribution in [-0.2, 0) is 9.59 Å². The Morgan fingerprint density at radius 3 is 2.45 bits per heavy atom. The first-order valence-corrected chi connectivity index (χ1v) is 3.58. The highest BCUT2D eigenvalue weighted by Gasteiger charge is 2.13. The third-order valence-corrected chi connectivity index (χ3v) is 1.32. The van der Waals surface area contributed by atoms with Gasteiger partial charge in [-0.2, -0.15) is 0 Å². The van der Waals surface area contributed by atoms with Crippen LogP contribution in [0.25, 0.3) is 0 Å². The van der Waals surface area contributed by atoms with Crippen LogP contribution in [0.3, 0.4) is 0 Å². The standard InChI is InChI=1S/C7H13NO3/c1-2-3-5(9)4-6(10)7(8)11/h5,9H,2-4H2,1H3,(H2,8,11). The third-order valence-electron chi connectivity index (χ3n) is 1.32. The summed E-state index contributed by atoms with van der Waals surface area (Å²) in [5.41, 5.74) is 4.68. The van der Waals surface area contributed by atoms with Gasteiger partial charge in [-0.1, -0.05) is 13.3 Å². The zero-order valence-corrected chi connectivity index (χ0v) is 6.54. The van der Waals surface area contributed by atoms with E-state index in [4.69, 9.17) is 5.11 Å². The van der Waals surface area contributed by atoms with Crippen molar-refractivity contribution in [1.82, 2.24) is 0 Å². The first-order valence-electron chi connectivity index (χ1n) is 3.58. The van der Waals surface area contributed by atoms with Gasteiger partial charge in [0.25, 0.3) is 5.91 Å². The molecule has 0 radical (unpaired) electrons. The van der Waals surface area contributed by atoms with Gasteiger partial charge in [0, 0.05) is 6.42 Å². The van der Waals surface area contributed by atoms with Gasteiger partial charge in [0.05, 0.1) is 6.10 Å². The smallest absolute Gasteiger partial charge is 0.284 e. The van der Waals surface area contributed by atoms with Gasteiger partial charge in [0.2, 0.25) is 5.78 Å². The largest absolute Gasteiger partial charge is 0.393 e. The Kier molecular flexibility index (Phi) is 4.45. The number of nitrogens with two attached hydrogens (primary N) is 1. The molecule has 0 aromatic rings. The summed E-state index contributed by atoms with van der Waals surface area (Å²) in [5, 5.41) is 9.04. The number of aliphatic hydroxyl groups excluding tert-OH is 1. The van der Waals surface area contributed by atoms with Gasteiger partial charge in [0.15, 0.2) is 0 Å². The molecule has 0 aliphatic heterocycles. The second-order valence-electron chi connectivity index (χ2n) is 2.43. The molecule has 4 heteroatoms. The van der Waals surface area contributed by atoms with E-state index in [1.165, 1.54) is 0 Å². The van der Waals surface area contributed by atoms with Crippen LogP contribution in [0.5, 0.6) is 0 Å². The number of Topliss-reactive ketones (excluding diaryl/α,β-unsaturated/α-hetero) is 1. The molecule has 0 saturated carbocycles. The van der Waals surface area contributed by atoms with Gasteiger partial charge in [-0.05, 0) is 6.42 Å². The zero-order chi connectivity index (χ0) is 8.85. The highest BCUT2D eigenvalue weighted by molar-refractivity contribution is 6.35. The molecule has 1 unspecified atom stereocenters.